The lowest BCUT2D eigenvalue weighted by atomic mass is 9.81. The molecule has 2 saturated heterocycles. The molecule has 0 spiro atoms. The molecule has 2 heteroatoms. The van der Waals surface area contributed by atoms with Crippen molar-refractivity contribution in [2.45, 2.75) is 31.4 Å². The molecule has 2 nitrogen and oxygen atoms in total. The SMILES string of the molecule is CNC1CC2CCC1CO2. The number of fused-ring (bicyclic) bond motifs is 3. The van der Waals surface area contributed by atoms with Gasteiger partial charge in [0.05, 0.1) is 12.7 Å². The van der Waals surface area contributed by atoms with Crippen LogP contribution in [0.25, 0.3) is 0 Å². The Hall–Kier alpha value is -0.0800. The molecule has 2 bridgehead atoms. The first-order valence-corrected chi connectivity index (χ1v) is 4.19. The largest absolute Gasteiger partial charge is 0.378 e. The molecule has 1 saturated carbocycles. The molecule has 10 heavy (non-hydrogen) atoms. The van der Waals surface area contributed by atoms with Crippen LogP contribution in [0.3, 0.4) is 0 Å². The lowest BCUT2D eigenvalue weighted by Crippen LogP contribution is -2.48. The first-order chi connectivity index (χ1) is 4.90. The van der Waals surface area contributed by atoms with Gasteiger partial charge in [0, 0.05) is 6.04 Å². The van der Waals surface area contributed by atoms with Gasteiger partial charge < -0.3 is 10.1 Å². The molecule has 3 fully saturated rings. The summed E-state index contributed by atoms with van der Waals surface area (Å²) in [6.07, 6.45) is 4.47. The Morgan fingerprint density at radius 3 is 2.60 bits per heavy atom. The summed E-state index contributed by atoms with van der Waals surface area (Å²) < 4.78 is 5.57. The summed E-state index contributed by atoms with van der Waals surface area (Å²) in [5.41, 5.74) is 0. The topological polar surface area (TPSA) is 21.3 Å². The van der Waals surface area contributed by atoms with Crippen molar-refractivity contribution in [3.8, 4) is 0 Å². The molecule has 0 amide bonds. The van der Waals surface area contributed by atoms with E-state index in [2.05, 4.69) is 12.4 Å². The second-order valence-corrected chi connectivity index (χ2v) is 3.42. The molecule has 2 aliphatic heterocycles. The van der Waals surface area contributed by atoms with Crippen LogP contribution in [0, 0.1) is 5.92 Å². The lowest BCUT2D eigenvalue weighted by Gasteiger charge is -2.42. The van der Waals surface area contributed by atoms with Gasteiger partial charge in [0.1, 0.15) is 0 Å². The molecule has 3 unspecified atom stereocenters. The van der Waals surface area contributed by atoms with Crippen LogP contribution in [0.1, 0.15) is 19.3 Å². The molecule has 0 radical (unpaired) electrons. The van der Waals surface area contributed by atoms with Crippen LogP contribution in [-0.4, -0.2) is 25.8 Å². The Morgan fingerprint density at radius 2 is 2.30 bits per heavy atom. The van der Waals surface area contributed by atoms with Crippen LogP contribution in [0.2, 0.25) is 0 Å². The van der Waals surface area contributed by atoms with Gasteiger partial charge >= 0.3 is 0 Å². The minimum Gasteiger partial charge on any atom is -0.378 e. The third kappa shape index (κ3) is 0.956. The summed E-state index contributed by atoms with van der Waals surface area (Å²) in [6, 6.07) is 0.743. The van der Waals surface area contributed by atoms with E-state index in [0.717, 1.165) is 18.6 Å². The van der Waals surface area contributed by atoms with Gasteiger partial charge in [-0.1, -0.05) is 0 Å². The standard InChI is InChI=1S/C8H15NO/c1-9-8-4-7-3-2-6(8)5-10-7/h6-9H,2-5H2,1H3. The highest BCUT2D eigenvalue weighted by Gasteiger charge is 2.35. The van der Waals surface area contributed by atoms with Crippen LogP contribution >= 0.6 is 0 Å². The Bertz CT molecular complexity index is 118. The average Bonchev–Trinajstić information content (AvgIpc) is 2.06. The van der Waals surface area contributed by atoms with Gasteiger partial charge in [-0.15, -0.1) is 0 Å². The van der Waals surface area contributed by atoms with Gasteiger partial charge in [-0.2, -0.15) is 0 Å². The van der Waals surface area contributed by atoms with E-state index in [-0.39, 0.29) is 0 Å². The highest BCUT2D eigenvalue weighted by Crippen LogP contribution is 2.32. The maximum Gasteiger partial charge on any atom is 0.0590 e. The Morgan fingerprint density at radius 1 is 1.40 bits per heavy atom. The van der Waals surface area contributed by atoms with Gasteiger partial charge in [-0.25, -0.2) is 0 Å². The smallest absolute Gasteiger partial charge is 0.0590 e. The van der Waals surface area contributed by atoms with Crippen molar-refractivity contribution in [3.05, 3.63) is 0 Å². The molecule has 58 valence electrons. The van der Waals surface area contributed by atoms with E-state index in [1.54, 1.807) is 0 Å². The van der Waals surface area contributed by atoms with Gasteiger partial charge in [0.2, 0.25) is 0 Å². The van der Waals surface area contributed by atoms with Gasteiger partial charge in [0.15, 0.2) is 0 Å². The fraction of sp³-hybridized carbons (Fsp3) is 1.00. The Balaban J connectivity index is 2.01. The zero-order valence-electron chi connectivity index (χ0n) is 6.47. The maximum atomic E-state index is 5.57. The summed E-state index contributed by atoms with van der Waals surface area (Å²) in [5.74, 6) is 0.801. The van der Waals surface area contributed by atoms with Crippen molar-refractivity contribution < 1.29 is 4.74 Å². The van der Waals surface area contributed by atoms with Crippen LogP contribution in [0.5, 0.6) is 0 Å². The summed E-state index contributed by atoms with van der Waals surface area (Å²) in [6.45, 7) is 0.996. The van der Waals surface area contributed by atoms with Crippen molar-refractivity contribution in [2.75, 3.05) is 13.7 Å². The van der Waals surface area contributed by atoms with E-state index in [1.165, 1.54) is 19.3 Å². The van der Waals surface area contributed by atoms with E-state index >= 15 is 0 Å². The molecule has 0 aromatic rings. The number of hydrogen-bond acceptors (Lipinski definition) is 2. The Labute approximate surface area is 61.9 Å². The van der Waals surface area contributed by atoms with E-state index in [9.17, 15) is 0 Å². The molecular weight excluding hydrogens is 126 g/mol. The van der Waals surface area contributed by atoms with Crippen molar-refractivity contribution in [3.63, 3.8) is 0 Å². The van der Waals surface area contributed by atoms with E-state index in [0.29, 0.717) is 6.10 Å². The quantitative estimate of drug-likeness (QED) is 0.582. The summed E-state index contributed by atoms with van der Waals surface area (Å²) in [4.78, 5) is 0. The average molecular weight is 141 g/mol. The van der Waals surface area contributed by atoms with E-state index in [1.807, 2.05) is 0 Å². The number of rotatable bonds is 1. The molecule has 2 heterocycles. The number of hydrogen-bond donors (Lipinski definition) is 1. The van der Waals surface area contributed by atoms with Crippen molar-refractivity contribution in [1.29, 1.82) is 0 Å². The fourth-order valence-corrected chi connectivity index (χ4v) is 2.16. The molecule has 3 aliphatic rings. The monoisotopic (exact) mass is 141 g/mol. The molecular formula is C8H15NO. The summed E-state index contributed by atoms with van der Waals surface area (Å²) >= 11 is 0. The van der Waals surface area contributed by atoms with Crippen molar-refractivity contribution in [1.82, 2.24) is 5.32 Å². The molecule has 3 atom stereocenters. The predicted molar refractivity (Wildman–Crippen MR) is 39.9 cm³/mol. The second-order valence-electron chi connectivity index (χ2n) is 3.42. The first kappa shape index (κ1) is 6.62. The van der Waals surface area contributed by atoms with Gasteiger partial charge in [-0.3, -0.25) is 0 Å². The van der Waals surface area contributed by atoms with Crippen LogP contribution in [-0.2, 0) is 4.74 Å². The van der Waals surface area contributed by atoms with E-state index < -0.39 is 0 Å². The first-order valence-electron chi connectivity index (χ1n) is 4.19. The van der Waals surface area contributed by atoms with Gasteiger partial charge in [0.25, 0.3) is 0 Å². The minimum absolute atomic E-state index is 0.572. The zero-order valence-corrected chi connectivity index (χ0v) is 6.47. The third-order valence-corrected chi connectivity index (χ3v) is 2.86. The van der Waals surface area contributed by atoms with Gasteiger partial charge in [-0.05, 0) is 32.2 Å². The summed E-state index contributed by atoms with van der Waals surface area (Å²) in [5, 5.41) is 3.36. The zero-order chi connectivity index (χ0) is 6.97. The van der Waals surface area contributed by atoms with Crippen LogP contribution in [0.4, 0.5) is 0 Å². The van der Waals surface area contributed by atoms with E-state index in [4.69, 9.17) is 4.74 Å². The number of ether oxygens (including phenoxy) is 1. The predicted octanol–water partition coefficient (Wildman–Crippen LogP) is 0.773. The van der Waals surface area contributed by atoms with Crippen molar-refractivity contribution in [2.24, 2.45) is 5.92 Å². The molecule has 1 aliphatic carbocycles. The van der Waals surface area contributed by atoms with Crippen molar-refractivity contribution >= 4 is 0 Å². The highest BCUT2D eigenvalue weighted by molar-refractivity contribution is 4.88. The summed E-state index contributed by atoms with van der Waals surface area (Å²) in [7, 11) is 2.06. The molecule has 1 N–H and O–H groups in total. The molecule has 0 aromatic carbocycles. The highest BCUT2D eigenvalue weighted by atomic mass is 16.5. The number of nitrogens with one attached hydrogen (secondary N) is 1. The van der Waals surface area contributed by atoms with Crippen LogP contribution < -0.4 is 5.32 Å². The lowest BCUT2D eigenvalue weighted by molar-refractivity contribution is -0.0773. The third-order valence-electron chi connectivity index (χ3n) is 2.86. The normalized spacial score (nSPS) is 45.9. The molecule has 0 aromatic heterocycles. The maximum absolute atomic E-state index is 5.57. The van der Waals surface area contributed by atoms with Crippen LogP contribution in [0.15, 0.2) is 0 Å². The minimum atomic E-state index is 0.572. The fourth-order valence-electron chi connectivity index (χ4n) is 2.16. The second kappa shape index (κ2) is 2.51. The molecule has 3 rings (SSSR count). The Kier molecular flexibility index (Phi) is 1.66.